The molecule has 1 aliphatic carbocycles. The van der Waals surface area contributed by atoms with Gasteiger partial charge in [0, 0.05) is 11.3 Å². The Bertz CT molecular complexity index is 276. The summed E-state index contributed by atoms with van der Waals surface area (Å²) in [4.78, 5) is 0. The molecule has 90 valence electrons. The number of nitrogens with one attached hydrogen (secondary N) is 1. The van der Waals surface area contributed by atoms with Crippen LogP contribution in [0.4, 0.5) is 0 Å². The van der Waals surface area contributed by atoms with E-state index in [1.54, 1.807) is 11.3 Å². The number of thioether (sulfide) groups is 1. The summed E-state index contributed by atoms with van der Waals surface area (Å²) in [7, 11) is 0. The lowest BCUT2D eigenvalue weighted by Gasteiger charge is -2.28. The summed E-state index contributed by atoms with van der Waals surface area (Å²) in [6, 6.07) is 3.01. The molecular weight excluding hydrogens is 234 g/mol. The Morgan fingerprint density at radius 1 is 1.38 bits per heavy atom. The van der Waals surface area contributed by atoms with Gasteiger partial charge in [0.1, 0.15) is 0 Å². The molecule has 0 amide bonds. The summed E-state index contributed by atoms with van der Waals surface area (Å²) in [6.07, 6.45) is 8.97. The topological polar surface area (TPSA) is 12.0 Å². The first-order chi connectivity index (χ1) is 7.88. The molecule has 1 fully saturated rings. The fraction of sp³-hybridized carbons (Fsp3) is 0.692. The van der Waals surface area contributed by atoms with Crippen molar-refractivity contribution in [2.75, 3.05) is 12.8 Å². The van der Waals surface area contributed by atoms with Crippen LogP contribution in [-0.4, -0.2) is 24.1 Å². The SMILES string of the molecule is CSC1CCC(NCCc2ccsc2)CC1. The molecule has 2 rings (SSSR count). The van der Waals surface area contributed by atoms with Gasteiger partial charge < -0.3 is 5.32 Å². The van der Waals surface area contributed by atoms with Crippen LogP contribution in [0.15, 0.2) is 16.8 Å². The van der Waals surface area contributed by atoms with Gasteiger partial charge in [-0.15, -0.1) is 0 Å². The molecule has 0 spiro atoms. The fourth-order valence-electron chi connectivity index (χ4n) is 2.36. The summed E-state index contributed by atoms with van der Waals surface area (Å²) >= 11 is 3.84. The van der Waals surface area contributed by atoms with Gasteiger partial charge in [-0.3, -0.25) is 0 Å². The van der Waals surface area contributed by atoms with Crippen LogP contribution in [0.25, 0.3) is 0 Å². The van der Waals surface area contributed by atoms with Gasteiger partial charge in [0.15, 0.2) is 0 Å². The van der Waals surface area contributed by atoms with Gasteiger partial charge in [-0.05, 0) is 67.3 Å². The van der Waals surface area contributed by atoms with E-state index in [9.17, 15) is 0 Å². The van der Waals surface area contributed by atoms with Crippen molar-refractivity contribution in [2.45, 2.75) is 43.4 Å². The van der Waals surface area contributed by atoms with Crippen LogP contribution in [0, 0.1) is 0 Å². The minimum atomic E-state index is 0.780. The third-order valence-electron chi connectivity index (χ3n) is 3.43. The van der Waals surface area contributed by atoms with Gasteiger partial charge in [-0.2, -0.15) is 23.1 Å². The Morgan fingerprint density at radius 3 is 2.81 bits per heavy atom. The maximum atomic E-state index is 3.70. The zero-order valence-corrected chi connectivity index (χ0v) is 11.6. The van der Waals surface area contributed by atoms with Gasteiger partial charge in [0.25, 0.3) is 0 Å². The second kappa shape index (κ2) is 6.67. The zero-order chi connectivity index (χ0) is 11.2. The van der Waals surface area contributed by atoms with E-state index < -0.39 is 0 Å². The van der Waals surface area contributed by atoms with Crippen molar-refractivity contribution < 1.29 is 0 Å². The van der Waals surface area contributed by atoms with Crippen LogP contribution < -0.4 is 5.32 Å². The number of rotatable bonds is 5. The van der Waals surface area contributed by atoms with E-state index in [0.717, 1.165) is 17.8 Å². The molecule has 0 unspecified atom stereocenters. The van der Waals surface area contributed by atoms with Crippen LogP contribution in [0.3, 0.4) is 0 Å². The van der Waals surface area contributed by atoms with Crippen molar-refractivity contribution in [1.29, 1.82) is 0 Å². The van der Waals surface area contributed by atoms with Gasteiger partial charge in [0.2, 0.25) is 0 Å². The summed E-state index contributed by atoms with van der Waals surface area (Å²) < 4.78 is 0. The number of hydrogen-bond donors (Lipinski definition) is 1. The molecule has 1 N–H and O–H groups in total. The second-order valence-electron chi connectivity index (χ2n) is 4.55. The first-order valence-electron chi connectivity index (χ1n) is 6.15. The first kappa shape index (κ1) is 12.5. The number of thiophene rings is 1. The van der Waals surface area contributed by atoms with Gasteiger partial charge >= 0.3 is 0 Å². The van der Waals surface area contributed by atoms with E-state index in [2.05, 4.69) is 28.4 Å². The molecule has 0 atom stereocenters. The molecule has 0 aromatic carbocycles. The molecule has 0 saturated heterocycles. The largest absolute Gasteiger partial charge is 0.314 e. The minimum absolute atomic E-state index is 0.780. The van der Waals surface area contributed by atoms with E-state index in [0.29, 0.717) is 0 Å². The highest BCUT2D eigenvalue weighted by Crippen LogP contribution is 2.26. The number of hydrogen-bond acceptors (Lipinski definition) is 3. The second-order valence-corrected chi connectivity index (χ2v) is 6.46. The maximum absolute atomic E-state index is 3.70. The van der Waals surface area contributed by atoms with Crippen LogP contribution in [0.5, 0.6) is 0 Å². The lowest BCUT2D eigenvalue weighted by molar-refractivity contribution is 0.382. The highest BCUT2D eigenvalue weighted by molar-refractivity contribution is 7.99. The molecule has 0 aliphatic heterocycles. The molecule has 1 aromatic heterocycles. The van der Waals surface area contributed by atoms with Crippen LogP contribution in [0.2, 0.25) is 0 Å². The smallest absolute Gasteiger partial charge is 0.00679 e. The Kier molecular flexibility index (Phi) is 5.20. The molecule has 1 aromatic rings. The zero-order valence-electron chi connectivity index (χ0n) is 9.95. The van der Waals surface area contributed by atoms with E-state index >= 15 is 0 Å². The van der Waals surface area contributed by atoms with Crippen molar-refractivity contribution in [3.63, 3.8) is 0 Å². The summed E-state index contributed by atoms with van der Waals surface area (Å²) in [5, 5.41) is 9.05. The lowest BCUT2D eigenvalue weighted by atomic mass is 9.95. The monoisotopic (exact) mass is 255 g/mol. The van der Waals surface area contributed by atoms with Crippen molar-refractivity contribution in [3.8, 4) is 0 Å². The molecule has 0 bridgehead atoms. The quantitative estimate of drug-likeness (QED) is 0.863. The summed E-state index contributed by atoms with van der Waals surface area (Å²) in [5.41, 5.74) is 1.48. The minimum Gasteiger partial charge on any atom is -0.314 e. The average molecular weight is 255 g/mol. The molecule has 0 radical (unpaired) electrons. The van der Waals surface area contributed by atoms with Gasteiger partial charge in [-0.25, -0.2) is 0 Å². The summed E-state index contributed by atoms with van der Waals surface area (Å²) in [5.74, 6) is 0. The van der Waals surface area contributed by atoms with Crippen LogP contribution in [-0.2, 0) is 6.42 Å². The van der Waals surface area contributed by atoms with E-state index in [1.807, 2.05) is 11.8 Å². The standard InChI is InChI=1S/C13H21NS2/c1-15-13-4-2-12(3-5-13)14-8-6-11-7-9-16-10-11/h7,9-10,12-14H,2-6,8H2,1H3. The molecule has 1 nitrogen and oxygen atoms in total. The van der Waals surface area contributed by atoms with Gasteiger partial charge in [0.05, 0.1) is 0 Å². The lowest BCUT2D eigenvalue weighted by Crippen LogP contribution is -2.35. The first-order valence-corrected chi connectivity index (χ1v) is 8.39. The maximum Gasteiger partial charge on any atom is 0.00679 e. The molecule has 16 heavy (non-hydrogen) atoms. The molecular formula is C13H21NS2. The van der Waals surface area contributed by atoms with E-state index in [1.165, 1.54) is 37.7 Å². The van der Waals surface area contributed by atoms with Crippen molar-refractivity contribution >= 4 is 23.1 Å². The van der Waals surface area contributed by atoms with E-state index in [4.69, 9.17) is 0 Å². The fourth-order valence-corrected chi connectivity index (χ4v) is 3.80. The molecule has 1 heterocycles. The van der Waals surface area contributed by atoms with Crippen LogP contribution >= 0.6 is 23.1 Å². The third-order valence-corrected chi connectivity index (χ3v) is 5.30. The molecule has 3 heteroatoms. The predicted molar refractivity (Wildman–Crippen MR) is 75.6 cm³/mol. The van der Waals surface area contributed by atoms with Crippen LogP contribution in [0.1, 0.15) is 31.2 Å². The van der Waals surface area contributed by atoms with Crippen molar-refractivity contribution in [1.82, 2.24) is 5.32 Å². The Labute approximate surface area is 107 Å². The highest BCUT2D eigenvalue weighted by atomic mass is 32.2. The van der Waals surface area contributed by atoms with Crippen molar-refractivity contribution in [3.05, 3.63) is 22.4 Å². The third kappa shape index (κ3) is 3.79. The Hall–Kier alpha value is 0.01000. The average Bonchev–Trinajstić information content (AvgIpc) is 2.83. The highest BCUT2D eigenvalue weighted by Gasteiger charge is 2.19. The Morgan fingerprint density at radius 2 is 2.19 bits per heavy atom. The molecule has 1 saturated carbocycles. The van der Waals surface area contributed by atoms with E-state index in [-0.39, 0.29) is 0 Å². The van der Waals surface area contributed by atoms with Crippen molar-refractivity contribution in [2.24, 2.45) is 0 Å². The van der Waals surface area contributed by atoms with Gasteiger partial charge in [-0.1, -0.05) is 0 Å². The Balaban J connectivity index is 1.60. The normalized spacial score (nSPS) is 25.8. The summed E-state index contributed by atoms with van der Waals surface area (Å²) in [6.45, 7) is 1.14. The molecule has 1 aliphatic rings. The predicted octanol–water partition coefficient (Wildman–Crippen LogP) is 3.55.